The molecule has 0 aliphatic carbocycles. The van der Waals surface area contributed by atoms with Gasteiger partial charge in [-0.25, -0.2) is 0 Å². The summed E-state index contributed by atoms with van der Waals surface area (Å²) >= 11 is 0. The van der Waals surface area contributed by atoms with Crippen LogP contribution in [0.1, 0.15) is 110 Å². The molecule has 0 heterocycles. The fourth-order valence-electron chi connectivity index (χ4n) is 3.12. The van der Waals surface area contributed by atoms with Gasteiger partial charge in [-0.3, -0.25) is 0 Å². The first-order valence-electron chi connectivity index (χ1n) is 11.8. The number of unbranched alkanes of at least 4 members (excludes halogenated alkanes) is 11. The highest BCUT2D eigenvalue weighted by atomic mass is 16.7. The number of hydrogen-bond donors (Lipinski definition) is 0. The zero-order valence-corrected chi connectivity index (χ0v) is 19.1. The predicted molar refractivity (Wildman–Crippen MR) is 118 cm³/mol. The molecule has 0 saturated carbocycles. The minimum Gasteiger partial charge on any atom is -0.476 e. The van der Waals surface area contributed by atoms with Crippen molar-refractivity contribution < 1.29 is 18.9 Å². The second-order valence-corrected chi connectivity index (χ2v) is 7.58. The van der Waals surface area contributed by atoms with Crippen LogP contribution in [0.3, 0.4) is 0 Å². The molecule has 4 heteroatoms. The summed E-state index contributed by atoms with van der Waals surface area (Å²) in [5, 5.41) is 0. The highest BCUT2D eigenvalue weighted by molar-refractivity contribution is 4.72. The maximum atomic E-state index is 5.79. The van der Waals surface area contributed by atoms with Gasteiger partial charge < -0.3 is 18.9 Å². The third kappa shape index (κ3) is 21.7. The van der Waals surface area contributed by atoms with E-state index in [9.17, 15) is 0 Å². The van der Waals surface area contributed by atoms with E-state index in [1.165, 1.54) is 70.6 Å². The van der Waals surface area contributed by atoms with Crippen LogP contribution in [0.4, 0.5) is 0 Å². The Morgan fingerprint density at radius 1 is 0.679 bits per heavy atom. The van der Waals surface area contributed by atoms with Gasteiger partial charge in [-0.2, -0.15) is 0 Å². The van der Waals surface area contributed by atoms with Crippen molar-refractivity contribution in [1.29, 1.82) is 0 Å². The molecule has 0 unspecified atom stereocenters. The summed E-state index contributed by atoms with van der Waals surface area (Å²) in [5.41, 5.74) is 0. The molecule has 0 spiro atoms. The summed E-state index contributed by atoms with van der Waals surface area (Å²) in [6.07, 6.45) is 22.9. The van der Waals surface area contributed by atoms with Crippen LogP contribution >= 0.6 is 0 Å². The van der Waals surface area contributed by atoms with Crippen molar-refractivity contribution in [2.24, 2.45) is 0 Å². The fourth-order valence-corrected chi connectivity index (χ4v) is 3.12. The second-order valence-electron chi connectivity index (χ2n) is 7.58. The van der Waals surface area contributed by atoms with E-state index < -0.39 is 0 Å². The van der Waals surface area contributed by atoms with E-state index in [1.54, 1.807) is 13.4 Å². The number of rotatable bonds is 23. The van der Waals surface area contributed by atoms with Crippen molar-refractivity contribution in [2.45, 2.75) is 116 Å². The third-order valence-electron chi connectivity index (χ3n) is 4.70. The van der Waals surface area contributed by atoms with Crippen molar-refractivity contribution in [3.63, 3.8) is 0 Å². The maximum Gasteiger partial charge on any atom is 0.187 e. The van der Waals surface area contributed by atoms with Gasteiger partial charge in [0.1, 0.15) is 0 Å². The van der Waals surface area contributed by atoms with E-state index in [0.717, 1.165) is 38.9 Å². The van der Waals surface area contributed by atoms with Crippen LogP contribution in [0, 0.1) is 0 Å². The van der Waals surface area contributed by atoms with Crippen LogP contribution in [0.5, 0.6) is 0 Å². The predicted octanol–water partition coefficient (Wildman–Crippen LogP) is 7.37. The van der Waals surface area contributed by atoms with Crippen LogP contribution in [0.25, 0.3) is 0 Å². The van der Waals surface area contributed by atoms with Gasteiger partial charge in [0, 0.05) is 20.3 Å². The zero-order valence-electron chi connectivity index (χ0n) is 19.1. The number of hydrogen-bond acceptors (Lipinski definition) is 4. The lowest BCUT2D eigenvalue weighted by Gasteiger charge is -2.18. The Morgan fingerprint density at radius 3 is 1.68 bits per heavy atom. The Kier molecular flexibility index (Phi) is 24.0. The van der Waals surface area contributed by atoms with E-state index in [1.807, 2.05) is 0 Å². The lowest BCUT2D eigenvalue weighted by Crippen LogP contribution is -2.18. The summed E-state index contributed by atoms with van der Waals surface area (Å²) < 4.78 is 21.5. The maximum absolute atomic E-state index is 5.79. The van der Waals surface area contributed by atoms with Gasteiger partial charge >= 0.3 is 0 Å². The van der Waals surface area contributed by atoms with E-state index in [2.05, 4.69) is 19.9 Å². The largest absolute Gasteiger partial charge is 0.476 e. The SMILES string of the molecule is CCCOC(CCCCCCCCCCCCCC=COCOC)OCCC. The van der Waals surface area contributed by atoms with Crippen LogP contribution in [-0.4, -0.2) is 33.4 Å². The second kappa shape index (κ2) is 24.5. The molecule has 0 atom stereocenters. The van der Waals surface area contributed by atoms with Gasteiger partial charge in [-0.15, -0.1) is 0 Å². The Balaban J connectivity index is 3.28. The summed E-state index contributed by atoms with van der Waals surface area (Å²) in [7, 11) is 1.64. The third-order valence-corrected chi connectivity index (χ3v) is 4.70. The van der Waals surface area contributed by atoms with Gasteiger partial charge in [0.25, 0.3) is 0 Å². The topological polar surface area (TPSA) is 36.9 Å². The van der Waals surface area contributed by atoms with Crippen LogP contribution in [0.2, 0.25) is 0 Å². The molecule has 0 N–H and O–H groups in total. The molecule has 168 valence electrons. The first-order valence-corrected chi connectivity index (χ1v) is 11.8. The van der Waals surface area contributed by atoms with Crippen molar-refractivity contribution in [3.8, 4) is 0 Å². The van der Waals surface area contributed by atoms with Gasteiger partial charge in [-0.05, 0) is 44.6 Å². The molecule has 4 nitrogen and oxygen atoms in total. The highest BCUT2D eigenvalue weighted by Gasteiger charge is 2.08. The highest BCUT2D eigenvalue weighted by Crippen LogP contribution is 2.14. The Morgan fingerprint density at radius 2 is 1.18 bits per heavy atom. The molecule has 0 radical (unpaired) electrons. The molecule has 0 fully saturated rings. The quantitative estimate of drug-likeness (QED) is 0.102. The number of ether oxygens (including phenoxy) is 4. The van der Waals surface area contributed by atoms with E-state index in [4.69, 9.17) is 18.9 Å². The molecule has 0 aromatic carbocycles. The fraction of sp³-hybridized carbons (Fsp3) is 0.917. The Bertz CT molecular complexity index is 299. The number of allylic oxidation sites excluding steroid dienone is 1. The van der Waals surface area contributed by atoms with Crippen LogP contribution < -0.4 is 0 Å². The van der Waals surface area contributed by atoms with Gasteiger partial charge in [0.15, 0.2) is 13.1 Å². The van der Waals surface area contributed by atoms with E-state index >= 15 is 0 Å². The van der Waals surface area contributed by atoms with Gasteiger partial charge in [-0.1, -0.05) is 71.6 Å². The molecule has 0 aromatic heterocycles. The monoisotopic (exact) mass is 400 g/mol. The standard InChI is InChI=1S/C24H48O4/c1-4-20-27-24(28-21-5-2)19-17-15-13-11-9-7-6-8-10-12-14-16-18-22-26-23-25-3/h18,22,24H,4-17,19-21,23H2,1-3H3. The summed E-state index contributed by atoms with van der Waals surface area (Å²) in [6, 6.07) is 0. The molecule has 0 aliphatic heterocycles. The average Bonchev–Trinajstić information content (AvgIpc) is 2.71. The lowest BCUT2D eigenvalue weighted by atomic mass is 10.0. The molecule has 0 saturated heterocycles. The molecule has 0 aliphatic rings. The lowest BCUT2D eigenvalue weighted by molar-refractivity contribution is -0.146. The van der Waals surface area contributed by atoms with Crippen molar-refractivity contribution in [1.82, 2.24) is 0 Å². The van der Waals surface area contributed by atoms with Crippen molar-refractivity contribution >= 4 is 0 Å². The summed E-state index contributed by atoms with van der Waals surface area (Å²) in [4.78, 5) is 0. The number of methoxy groups -OCH3 is 1. The normalized spacial score (nSPS) is 11.7. The average molecular weight is 401 g/mol. The first kappa shape index (κ1) is 27.4. The molecule has 28 heavy (non-hydrogen) atoms. The molecule has 0 rings (SSSR count). The zero-order chi connectivity index (χ0) is 20.5. The van der Waals surface area contributed by atoms with Crippen molar-refractivity contribution in [2.75, 3.05) is 27.1 Å². The van der Waals surface area contributed by atoms with Gasteiger partial charge in [0.05, 0.1) is 6.26 Å². The minimum absolute atomic E-state index is 0.0215. The first-order chi connectivity index (χ1) is 13.8. The van der Waals surface area contributed by atoms with E-state index in [0.29, 0.717) is 6.79 Å². The molecular formula is C24H48O4. The molecule has 0 bridgehead atoms. The summed E-state index contributed by atoms with van der Waals surface area (Å²) in [6.45, 7) is 6.27. The van der Waals surface area contributed by atoms with Crippen LogP contribution in [0.15, 0.2) is 12.3 Å². The Hall–Kier alpha value is -0.580. The minimum atomic E-state index is 0.0215. The summed E-state index contributed by atoms with van der Waals surface area (Å²) in [5.74, 6) is 0. The smallest absolute Gasteiger partial charge is 0.187 e. The Labute approximate surface area is 175 Å². The molecule has 0 aromatic rings. The molecular weight excluding hydrogens is 352 g/mol. The molecule has 0 amide bonds. The van der Waals surface area contributed by atoms with E-state index in [-0.39, 0.29) is 6.29 Å². The van der Waals surface area contributed by atoms with Crippen LogP contribution in [-0.2, 0) is 18.9 Å². The van der Waals surface area contributed by atoms with Crippen molar-refractivity contribution in [3.05, 3.63) is 12.3 Å². The van der Waals surface area contributed by atoms with Gasteiger partial charge in [0.2, 0.25) is 0 Å².